The van der Waals surface area contributed by atoms with Crippen LogP contribution in [0.3, 0.4) is 0 Å². The van der Waals surface area contributed by atoms with Gasteiger partial charge in [-0.1, -0.05) is 6.07 Å². The molecular formula is C15H23NO3. The number of methoxy groups -OCH3 is 2. The highest BCUT2D eigenvalue weighted by atomic mass is 16.5. The van der Waals surface area contributed by atoms with Crippen LogP contribution >= 0.6 is 0 Å². The summed E-state index contributed by atoms with van der Waals surface area (Å²) in [5, 5.41) is 13.1. The van der Waals surface area contributed by atoms with Crippen LogP contribution in [0.1, 0.15) is 30.0 Å². The average Bonchev–Trinajstić information content (AvgIpc) is 2.43. The Hall–Kier alpha value is -1.10. The predicted octanol–water partition coefficient (Wildman–Crippen LogP) is 2.02. The number of rotatable bonds is 6. The molecule has 2 unspecified atom stereocenters. The molecule has 0 bridgehead atoms. The summed E-state index contributed by atoms with van der Waals surface area (Å²) in [6, 6.07) is 6.02. The molecule has 0 fully saturated rings. The van der Waals surface area contributed by atoms with Gasteiger partial charge in [0.25, 0.3) is 0 Å². The Morgan fingerprint density at radius 3 is 3.00 bits per heavy atom. The lowest BCUT2D eigenvalue weighted by molar-refractivity contribution is 0.0270. The number of aryl methyl sites for hydroxylation is 1. The number of hydrogen-bond acceptors (Lipinski definition) is 4. The van der Waals surface area contributed by atoms with Crippen molar-refractivity contribution in [3.8, 4) is 5.75 Å². The summed E-state index contributed by atoms with van der Waals surface area (Å²) in [5.41, 5.74) is 2.56. The molecule has 0 amide bonds. The van der Waals surface area contributed by atoms with Crippen LogP contribution in [0.25, 0.3) is 0 Å². The fourth-order valence-corrected chi connectivity index (χ4v) is 2.68. The number of phenols is 1. The average molecular weight is 265 g/mol. The smallest absolute Gasteiger partial charge is 0.115 e. The van der Waals surface area contributed by atoms with E-state index in [1.54, 1.807) is 20.3 Å². The Kier molecular flexibility index (Phi) is 5.19. The highest BCUT2D eigenvalue weighted by Crippen LogP contribution is 2.31. The minimum atomic E-state index is 0.0764. The van der Waals surface area contributed by atoms with Crippen LogP contribution in [-0.4, -0.2) is 38.6 Å². The van der Waals surface area contributed by atoms with Gasteiger partial charge in [-0.2, -0.15) is 0 Å². The third kappa shape index (κ3) is 3.69. The molecule has 0 spiro atoms. The number of ether oxygens (including phenoxy) is 2. The highest BCUT2D eigenvalue weighted by Gasteiger charge is 2.21. The van der Waals surface area contributed by atoms with E-state index in [0.717, 1.165) is 25.8 Å². The van der Waals surface area contributed by atoms with Gasteiger partial charge in [0.15, 0.2) is 0 Å². The van der Waals surface area contributed by atoms with Crippen molar-refractivity contribution in [1.29, 1.82) is 0 Å². The molecule has 1 aliphatic carbocycles. The molecule has 0 aromatic heterocycles. The van der Waals surface area contributed by atoms with Gasteiger partial charge in [-0.15, -0.1) is 0 Å². The molecule has 4 nitrogen and oxygen atoms in total. The molecular weight excluding hydrogens is 242 g/mol. The summed E-state index contributed by atoms with van der Waals surface area (Å²) >= 11 is 0. The van der Waals surface area contributed by atoms with Crippen molar-refractivity contribution < 1.29 is 14.6 Å². The first-order valence-electron chi connectivity index (χ1n) is 6.81. The minimum absolute atomic E-state index is 0.0764. The Bertz CT molecular complexity index is 408. The van der Waals surface area contributed by atoms with Crippen LogP contribution in [0.5, 0.6) is 5.75 Å². The topological polar surface area (TPSA) is 50.7 Å². The summed E-state index contributed by atoms with van der Waals surface area (Å²) in [5.74, 6) is 0.355. The lowest BCUT2D eigenvalue weighted by Crippen LogP contribution is -2.35. The van der Waals surface area contributed by atoms with Crippen molar-refractivity contribution >= 4 is 0 Å². The summed E-state index contributed by atoms with van der Waals surface area (Å²) < 4.78 is 10.5. The van der Waals surface area contributed by atoms with E-state index >= 15 is 0 Å². The van der Waals surface area contributed by atoms with Crippen molar-refractivity contribution in [2.45, 2.75) is 31.4 Å². The van der Waals surface area contributed by atoms with Crippen molar-refractivity contribution in [1.82, 2.24) is 5.32 Å². The quantitative estimate of drug-likeness (QED) is 0.826. The van der Waals surface area contributed by atoms with E-state index in [0.29, 0.717) is 18.4 Å². The normalized spacial score (nSPS) is 20.0. The lowest BCUT2D eigenvalue weighted by atomic mass is 9.87. The SMILES string of the molecule is COCC(CNC1CCCc2cc(O)ccc21)OC. The van der Waals surface area contributed by atoms with Gasteiger partial charge >= 0.3 is 0 Å². The summed E-state index contributed by atoms with van der Waals surface area (Å²) in [6.07, 6.45) is 3.40. The molecule has 1 aromatic carbocycles. The maximum atomic E-state index is 9.54. The maximum absolute atomic E-state index is 9.54. The van der Waals surface area contributed by atoms with Crippen LogP contribution in [0.15, 0.2) is 18.2 Å². The van der Waals surface area contributed by atoms with Gasteiger partial charge in [-0.3, -0.25) is 0 Å². The first-order chi connectivity index (χ1) is 9.24. The molecule has 0 radical (unpaired) electrons. The molecule has 2 N–H and O–H groups in total. The van der Waals surface area contributed by atoms with Crippen LogP contribution in [0.4, 0.5) is 0 Å². The lowest BCUT2D eigenvalue weighted by Gasteiger charge is -2.28. The Balaban J connectivity index is 1.99. The number of benzene rings is 1. The van der Waals surface area contributed by atoms with E-state index < -0.39 is 0 Å². The number of fused-ring (bicyclic) bond motifs is 1. The van der Waals surface area contributed by atoms with Crippen LogP contribution in [-0.2, 0) is 15.9 Å². The predicted molar refractivity (Wildman–Crippen MR) is 74.5 cm³/mol. The van der Waals surface area contributed by atoms with Gasteiger partial charge in [-0.25, -0.2) is 0 Å². The number of nitrogens with one attached hydrogen (secondary N) is 1. The largest absolute Gasteiger partial charge is 0.508 e. The van der Waals surface area contributed by atoms with Gasteiger partial charge in [0.2, 0.25) is 0 Å². The Morgan fingerprint density at radius 1 is 1.42 bits per heavy atom. The van der Waals surface area contributed by atoms with Gasteiger partial charge in [-0.05, 0) is 42.5 Å². The number of hydrogen-bond donors (Lipinski definition) is 2. The van der Waals surface area contributed by atoms with Crippen molar-refractivity contribution in [3.05, 3.63) is 29.3 Å². The minimum Gasteiger partial charge on any atom is -0.508 e. The number of phenolic OH excluding ortho intramolecular Hbond substituents is 1. The molecule has 0 heterocycles. The first-order valence-corrected chi connectivity index (χ1v) is 6.81. The molecule has 19 heavy (non-hydrogen) atoms. The van der Waals surface area contributed by atoms with E-state index in [9.17, 15) is 5.11 Å². The summed E-state index contributed by atoms with van der Waals surface area (Å²) in [4.78, 5) is 0. The fourth-order valence-electron chi connectivity index (χ4n) is 2.68. The van der Waals surface area contributed by atoms with Gasteiger partial charge in [0.1, 0.15) is 5.75 Å². The Labute approximate surface area is 114 Å². The zero-order chi connectivity index (χ0) is 13.7. The molecule has 0 saturated carbocycles. The van der Waals surface area contributed by atoms with Gasteiger partial charge in [0, 0.05) is 26.8 Å². The second-order valence-corrected chi connectivity index (χ2v) is 5.05. The molecule has 106 valence electrons. The van der Waals surface area contributed by atoms with Gasteiger partial charge < -0.3 is 19.9 Å². The molecule has 0 aliphatic heterocycles. The first kappa shape index (κ1) is 14.3. The third-order valence-electron chi connectivity index (χ3n) is 3.72. The van der Waals surface area contributed by atoms with Crippen LogP contribution in [0.2, 0.25) is 0 Å². The summed E-state index contributed by atoms with van der Waals surface area (Å²) in [7, 11) is 3.39. The van der Waals surface area contributed by atoms with Crippen molar-refractivity contribution in [2.75, 3.05) is 27.4 Å². The van der Waals surface area contributed by atoms with E-state index in [4.69, 9.17) is 9.47 Å². The third-order valence-corrected chi connectivity index (χ3v) is 3.72. The number of aromatic hydroxyl groups is 1. The molecule has 1 aliphatic rings. The van der Waals surface area contributed by atoms with Crippen LogP contribution < -0.4 is 5.32 Å². The van der Waals surface area contributed by atoms with E-state index in [1.165, 1.54) is 11.1 Å². The molecule has 4 heteroatoms. The zero-order valence-electron chi connectivity index (χ0n) is 11.7. The second kappa shape index (κ2) is 6.89. The van der Waals surface area contributed by atoms with E-state index in [2.05, 4.69) is 5.32 Å². The maximum Gasteiger partial charge on any atom is 0.115 e. The van der Waals surface area contributed by atoms with E-state index in [-0.39, 0.29) is 6.10 Å². The monoisotopic (exact) mass is 265 g/mol. The fraction of sp³-hybridized carbons (Fsp3) is 0.600. The molecule has 1 aromatic rings. The molecule has 2 rings (SSSR count). The van der Waals surface area contributed by atoms with E-state index in [1.807, 2.05) is 12.1 Å². The van der Waals surface area contributed by atoms with Crippen LogP contribution in [0, 0.1) is 0 Å². The van der Waals surface area contributed by atoms with Crippen molar-refractivity contribution in [3.63, 3.8) is 0 Å². The van der Waals surface area contributed by atoms with Gasteiger partial charge in [0.05, 0.1) is 12.7 Å². The second-order valence-electron chi connectivity index (χ2n) is 5.05. The molecule has 2 atom stereocenters. The van der Waals surface area contributed by atoms with Crippen molar-refractivity contribution in [2.24, 2.45) is 0 Å². The Morgan fingerprint density at radius 2 is 2.26 bits per heavy atom. The summed E-state index contributed by atoms with van der Waals surface area (Å²) in [6.45, 7) is 1.37. The highest BCUT2D eigenvalue weighted by molar-refractivity contribution is 5.38. The standard InChI is InChI=1S/C15H23NO3/c1-18-10-13(19-2)9-16-15-5-3-4-11-8-12(17)6-7-14(11)15/h6-8,13,15-17H,3-5,9-10H2,1-2H3. The zero-order valence-corrected chi connectivity index (χ0v) is 11.7. The molecule has 0 saturated heterocycles.